The van der Waals surface area contributed by atoms with Gasteiger partial charge in [0.15, 0.2) is 0 Å². The van der Waals surface area contributed by atoms with Gasteiger partial charge in [0.05, 0.1) is 12.7 Å². The Kier molecular flexibility index (Phi) is 6.27. The Morgan fingerprint density at radius 3 is 2.21 bits per heavy atom. The van der Waals surface area contributed by atoms with Crippen LogP contribution in [0, 0.1) is 0 Å². The summed E-state index contributed by atoms with van der Waals surface area (Å²) in [5.41, 5.74) is 0. The predicted octanol–water partition coefficient (Wildman–Crippen LogP) is 1.50. The first-order valence-electron chi connectivity index (χ1n) is 6.37. The third-order valence-corrected chi connectivity index (χ3v) is 1.98. The number of anilines is 1. The van der Waals surface area contributed by atoms with Crippen molar-refractivity contribution in [2.75, 3.05) is 25.6 Å². The average Bonchev–Trinajstić information content (AvgIpc) is 2.28. The highest BCUT2D eigenvalue weighted by atomic mass is 16.5. The lowest BCUT2D eigenvalue weighted by Gasteiger charge is -2.14. The highest BCUT2D eigenvalue weighted by Crippen LogP contribution is 2.15. The Morgan fingerprint density at radius 1 is 1.05 bits per heavy atom. The number of nitrogens with zero attached hydrogens (tertiary/aromatic N) is 3. The molecule has 0 aliphatic rings. The Balaban J connectivity index is 2.85. The van der Waals surface area contributed by atoms with Gasteiger partial charge in [0.2, 0.25) is 5.95 Å². The molecular weight excluding hydrogens is 248 g/mol. The molecule has 0 radical (unpaired) electrons. The van der Waals surface area contributed by atoms with E-state index in [0.717, 1.165) is 0 Å². The van der Waals surface area contributed by atoms with E-state index in [2.05, 4.69) is 20.3 Å². The number of ether oxygens (including phenoxy) is 3. The van der Waals surface area contributed by atoms with Gasteiger partial charge in [0.25, 0.3) is 0 Å². The van der Waals surface area contributed by atoms with Gasteiger partial charge in [0, 0.05) is 13.7 Å². The molecule has 0 saturated heterocycles. The monoisotopic (exact) mass is 270 g/mol. The zero-order valence-electron chi connectivity index (χ0n) is 12.1. The number of methoxy groups -OCH3 is 1. The van der Waals surface area contributed by atoms with Crippen LogP contribution in [0.2, 0.25) is 0 Å². The molecule has 0 aromatic carbocycles. The minimum atomic E-state index is -0.145. The number of rotatable bonds is 8. The number of hydrogen-bond acceptors (Lipinski definition) is 7. The van der Waals surface area contributed by atoms with Gasteiger partial charge >= 0.3 is 12.0 Å². The van der Waals surface area contributed by atoms with Gasteiger partial charge in [0.1, 0.15) is 6.10 Å². The van der Waals surface area contributed by atoms with E-state index in [1.807, 2.05) is 27.7 Å². The summed E-state index contributed by atoms with van der Waals surface area (Å²) in [4.78, 5) is 12.4. The summed E-state index contributed by atoms with van der Waals surface area (Å²) in [7, 11) is 1.62. The highest BCUT2D eigenvalue weighted by Gasteiger charge is 2.12. The molecule has 7 nitrogen and oxygen atoms in total. The van der Waals surface area contributed by atoms with Crippen molar-refractivity contribution < 1.29 is 14.2 Å². The molecule has 1 unspecified atom stereocenters. The molecule has 1 N–H and O–H groups in total. The number of aromatic nitrogens is 3. The van der Waals surface area contributed by atoms with E-state index >= 15 is 0 Å². The molecule has 0 spiro atoms. The van der Waals surface area contributed by atoms with Crippen LogP contribution in [0.1, 0.15) is 27.7 Å². The van der Waals surface area contributed by atoms with Crippen molar-refractivity contribution in [1.29, 1.82) is 0 Å². The van der Waals surface area contributed by atoms with Gasteiger partial charge in [-0.1, -0.05) is 0 Å². The fourth-order valence-corrected chi connectivity index (χ4v) is 1.34. The smallest absolute Gasteiger partial charge is 0.324 e. The van der Waals surface area contributed by atoms with Crippen LogP contribution in [0.3, 0.4) is 0 Å². The molecule has 0 aliphatic heterocycles. The van der Waals surface area contributed by atoms with E-state index in [0.29, 0.717) is 19.1 Å². The Morgan fingerprint density at radius 2 is 1.68 bits per heavy atom. The van der Waals surface area contributed by atoms with Crippen molar-refractivity contribution >= 4 is 5.95 Å². The van der Waals surface area contributed by atoms with E-state index in [1.165, 1.54) is 0 Å². The van der Waals surface area contributed by atoms with Crippen LogP contribution >= 0.6 is 0 Å². The predicted molar refractivity (Wildman–Crippen MR) is 71.7 cm³/mol. The van der Waals surface area contributed by atoms with Gasteiger partial charge in [-0.05, 0) is 27.7 Å². The lowest BCUT2D eigenvalue weighted by Crippen LogP contribution is -2.20. The summed E-state index contributed by atoms with van der Waals surface area (Å²) in [6, 6.07) is 0.478. The van der Waals surface area contributed by atoms with Crippen molar-refractivity contribution in [3.05, 3.63) is 0 Å². The Labute approximate surface area is 113 Å². The Bertz CT molecular complexity index is 387. The summed E-state index contributed by atoms with van der Waals surface area (Å²) in [6.07, 6.45) is -0.157. The maximum Gasteiger partial charge on any atom is 0.324 e. The summed E-state index contributed by atoms with van der Waals surface area (Å²) in [5.74, 6) is 0.438. The van der Waals surface area contributed by atoms with Crippen LogP contribution in [-0.2, 0) is 4.74 Å². The molecule has 108 valence electrons. The summed E-state index contributed by atoms with van der Waals surface area (Å²) >= 11 is 0. The first kappa shape index (κ1) is 15.4. The van der Waals surface area contributed by atoms with Crippen molar-refractivity contribution in [2.24, 2.45) is 0 Å². The van der Waals surface area contributed by atoms with Gasteiger partial charge in [-0.25, -0.2) is 0 Å². The second-order valence-electron chi connectivity index (χ2n) is 4.30. The van der Waals surface area contributed by atoms with E-state index < -0.39 is 0 Å². The number of hydrogen-bond donors (Lipinski definition) is 1. The molecular formula is C12H22N4O3. The zero-order chi connectivity index (χ0) is 14.3. The fourth-order valence-electron chi connectivity index (χ4n) is 1.34. The molecule has 7 heteroatoms. The molecule has 0 amide bonds. The molecule has 1 rings (SSSR count). The van der Waals surface area contributed by atoms with Crippen LogP contribution in [0.5, 0.6) is 12.0 Å². The van der Waals surface area contributed by atoms with E-state index in [1.54, 1.807) is 7.11 Å². The first-order valence-corrected chi connectivity index (χ1v) is 6.37. The lowest BCUT2D eigenvalue weighted by molar-refractivity contribution is 0.0841. The maximum atomic E-state index is 5.56. The maximum absolute atomic E-state index is 5.56. The van der Waals surface area contributed by atoms with Crippen molar-refractivity contribution in [2.45, 2.75) is 39.9 Å². The Hall–Kier alpha value is -1.63. The largest absolute Gasteiger partial charge is 0.461 e. The van der Waals surface area contributed by atoms with Crippen LogP contribution in [0.15, 0.2) is 0 Å². The van der Waals surface area contributed by atoms with Gasteiger partial charge in [-0.2, -0.15) is 9.97 Å². The first-order chi connectivity index (χ1) is 9.05. The molecule has 1 aromatic heterocycles. The second kappa shape index (κ2) is 7.73. The number of nitrogens with one attached hydrogen (secondary N) is 1. The van der Waals surface area contributed by atoms with E-state index in [9.17, 15) is 0 Å². The van der Waals surface area contributed by atoms with Gasteiger partial charge in [-0.3, -0.25) is 0 Å². The average molecular weight is 270 g/mol. The molecule has 0 saturated carbocycles. The van der Waals surface area contributed by atoms with E-state index in [4.69, 9.17) is 14.2 Å². The fraction of sp³-hybridized carbons (Fsp3) is 0.750. The van der Waals surface area contributed by atoms with Gasteiger partial charge < -0.3 is 19.5 Å². The van der Waals surface area contributed by atoms with Crippen LogP contribution in [0.4, 0.5) is 5.95 Å². The molecule has 0 fully saturated rings. The SMILES string of the molecule is CCNc1nc(OC(C)C)nc(OC(C)COC)n1. The summed E-state index contributed by atoms with van der Waals surface area (Å²) in [6.45, 7) is 8.82. The van der Waals surface area contributed by atoms with Crippen LogP contribution in [0.25, 0.3) is 0 Å². The standard InChI is InChI=1S/C12H22N4O3/c1-6-13-10-14-11(18-8(2)3)16-12(15-10)19-9(4)7-17-5/h8-9H,6-7H2,1-5H3,(H,13,14,15,16). The quantitative estimate of drug-likeness (QED) is 0.767. The topological polar surface area (TPSA) is 78.4 Å². The normalized spacial score (nSPS) is 12.3. The molecule has 1 atom stereocenters. The highest BCUT2D eigenvalue weighted by molar-refractivity contribution is 5.27. The van der Waals surface area contributed by atoms with E-state index in [-0.39, 0.29) is 24.2 Å². The van der Waals surface area contributed by atoms with Crippen LogP contribution in [-0.4, -0.2) is 47.4 Å². The van der Waals surface area contributed by atoms with Crippen molar-refractivity contribution in [1.82, 2.24) is 15.0 Å². The zero-order valence-corrected chi connectivity index (χ0v) is 12.1. The third kappa shape index (κ3) is 5.69. The van der Waals surface area contributed by atoms with Crippen LogP contribution < -0.4 is 14.8 Å². The molecule has 1 heterocycles. The van der Waals surface area contributed by atoms with Crippen molar-refractivity contribution in [3.63, 3.8) is 0 Å². The second-order valence-corrected chi connectivity index (χ2v) is 4.30. The lowest BCUT2D eigenvalue weighted by atomic mass is 10.4. The van der Waals surface area contributed by atoms with Crippen molar-refractivity contribution in [3.8, 4) is 12.0 Å². The third-order valence-electron chi connectivity index (χ3n) is 1.98. The minimum absolute atomic E-state index is 0.0128. The molecule has 0 aliphatic carbocycles. The molecule has 19 heavy (non-hydrogen) atoms. The summed E-state index contributed by atoms with van der Waals surface area (Å²) in [5, 5.41) is 3.01. The van der Waals surface area contributed by atoms with Gasteiger partial charge in [-0.15, -0.1) is 4.98 Å². The summed E-state index contributed by atoms with van der Waals surface area (Å²) < 4.78 is 16.0. The minimum Gasteiger partial charge on any atom is -0.461 e. The molecule has 0 bridgehead atoms. The molecule has 1 aromatic rings.